The molecule has 1 aromatic carbocycles. The Hall–Kier alpha value is -1.39. The molecule has 3 nitrogen and oxygen atoms in total. The molecule has 0 fully saturated rings. The van der Waals surface area contributed by atoms with Crippen LogP contribution in [0.25, 0.3) is 11.4 Å². The van der Waals surface area contributed by atoms with Crippen LogP contribution in [0.2, 0.25) is 0 Å². The van der Waals surface area contributed by atoms with Crippen molar-refractivity contribution in [2.45, 2.75) is 24.3 Å². The van der Waals surface area contributed by atoms with E-state index in [1.807, 2.05) is 31.5 Å². The van der Waals surface area contributed by atoms with Gasteiger partial charge in [0.2, 0.25) is 0 Å². The minimum absolute atomic E-state index is 0.139. The first-order valence-corrected chi connectivity index (χ1v) is 7.12. The fraction of sp³-hybridized carbons (Fsp3) is 0.286. The van der Waals surface area contributed by atoms with Gasteiger partial charge in [-0.1, -0.05) is 12.1 Å². The molecule has 0 saturated heterocycles. The summed E-state index contributed by atoms with van der Waals surface area (Å²) in [7, 11) is 0. The van der Waals surface area contributed by atoms with Gasteiger partial charge in [-0.05, 0) is 37.3 Å². The van der Waals surface area contributed by atoms with Crippen molar-refractivity contribution in [1.82, 2.24) is 9.97 Å². The van der Waals surface area contributed by atoms with E-state index in [0.717, 1.165) is 23.4 Å². The molecule has 0 radical (unpaired) electrons. The lowest BCUT2D eigenvalue weighted by Gasteiger charge is -2.05. The highest BCUT2D eigenvalue weighted by Crippen LogP contribution is 2.20. The Kier molecular flexibility index (Phi) is 4.33. The average Bonchev–Trinajstić information content (AvgIpc) is 2.39. The molecule has 0 saturated carbocycles. The Morgan fingerprint density at radius 3 is 2.28 bits per heavy atom. The smallest absolute Gasteiger partial charge is 0.159 e. The molecule has 0 spiro atoms. The van der Waals surface area contributed by atoms with Crippen LogP contribution < -0.4 is 5.73 Å². The fourth-order valence-electron chi connectivity index (χ4n) is 1.72. The first-order chi connectivity index (χ1) is 8.69. The van der Waals surface area contributed by atoms with Crippen LogP contribution in [0.4, 0.5) is 0 Å². The van der Waals surface area contributed by atoms with Gasteiger partial charge in [0.15, 0.2) is 5.82 Å². The third kappa shape index (κ3) is 3.31. The van der Waals surface area contributed by atoms with Gasteiger partial charge in [-0.3, -0.25) is 0 Å². The van der Waals surface area contributed by atoms with Crippen molar-refractivity contribution < 1.29 is 0 Å². The zero-order valence-corrected chi connectivity index (χ0v) is 11.4. The summed E-state index contributed by atoms with van der Waals surface area (Å²) >= 11 is 1.73. The molecule has 0 aliphatic rings. The molecule has 1 atom stereocenters. The van der Waals surface area contributed by atoms with E-state index in [2.05, 4.69) is 28.4 Å². The molecule has 0 aliphatic heterocycles. The molecule has 2 rings (SSSR count). The van der Waals surface area contributed by atoms with Crippen LogP contribution in [0, 0.1) is 0 Å². The van der Waals surface area contributed by atoms with Gasteiger partial charge in [-0.2, -0.15) is 0 Å². The van der Waals surface area contributed by atoms with Crippen LogP contribution in [0.3, 0.4) is 0 Å². The number of aromatic nitrogens is 2. The summed E-state index contributed by atoms with van der Waals surface area (Å²) in [5.41, 5.74) is 7.87. The van der Waals surface area contributed by atoms with Crippen molar-refractivity contribution in [3.8, 4) is 11.4 Å². The number of rotatable bonds is 4. The van der Waals surface area contributed by atoms with E-state index in [1.54, 1.807) is 11.8 Å². The Balaban J connectivity index is 2.17. The van der Waals surface area contributed by atoms with E-state index < -0.39 is 0 Å². The SMILES string of the molecule is CSc1ccc(-c2ncc(CC(C)N)cn2)cc1. The normalized spacial score (nSPS) is 12.4. The minimum Gasteiger partial charge on any atom is -0.328 e. The number of benzene rings is 1. The molecule has 1 unspecified atom stereocenters. The van der Waals surface area contributed by atoms with Gasteiger partial charge in [0.05, 0.1) is 0 Å². The lowest BCUT2D eigenvalue weighted by Crippen LogP contribution is -2.18. The number of nitrogens with zero attached hydrogens (tertiary/aromatic N) is 2. The van der Waals surface area contributed by atoms with Crippen LogP contribution in [0.15, 0.2) is 41.6 Å². The van der Waals surface area contributed by atoms with Crippen molar-refractivity contribution in [3.63, 3.8) is 0 Å². The number of hydrogen-bond donors (Lipinski definition) is 1. The second kappa shape index (κ2) is 5.98. The summed E-state index contributed by atoms with van der Waals surface area (Å²) in [6, 6.07) is 8.40. The number of hydrogen-bond acceptors (Lipinski definition) is 4. The predicted octanol–water partition coefficient (Wildman–Crippen LogP) is 2.76. The van der Waals surface area contributed by atoms with Gasteiger partial charge in [-0.25, -0.2) is 9.97 Å². The molecule has 0 aliphatic carbocycles. The number of nitrogens with two attached hydrogens (primary N) is 1. The maximum Gasteiger partial charge on any atom is 0.159 e. The first-order valence-electron chi connectivity index (χ1n) is 5.90. The zero-order chi connectivity index (χ0) is 13.0. The summed E-state index contributed by atoms with van der Waals surface area (Å²) in [5, 5.41) is 0. The molecule has 0 amide bonds. The van der Waals surface area contributed by atoms with Crippen molar-refractivity contribution in [2.75, 3.05) is 6.26 Å². The van der Waals surface area contributed by atoms with E-state index >= 15 is 0 Å². The lowest BCUT2D eigenvalue weighted by atomic mass is 10.1. The van der Waals surface area contributed by atoms with Crippen LogP contribution in [-0.4, -0.2) is 22.3 Å². The molecule has 2 aromatic rings. The molecule has 4 heteroatoms. The molecule has 2 N–H and O–H groups in total. The van der Waals surface area contributed by atoms with Gasteiger partial charge < -0.3 is 5.73 Å². The highest BCUT2D eigenvalue weighted by Gasteiger charge is 2.03. The molecule has 0 bridgehead atoms. The Morgan fingerprint density at radius 2 is 1.78 bits per heavy atom. The first kappa shape index (κ1) is 13.1. The number of thioether (sulfide) groups is 1. The summed E-state index contributed by atoms with van der Waals surface area (Å²) in [4.78, 5) is 10.0. The molecular formula is C14H17N3S. The minimum atomic E-state index is 0.139. The van der Waals surface area contributed by atoms with E-state index in [9.17, 15) is 0 Å². The highest BCUT2D eigenvalue weighted by molar-refractivity contribution is 7.98. The molecule has 1 heterocycles. The van der Waals surface area contributed by atoms with Crippen molar-refractivity contribution >= 4 is 11.8 Å². The van der Waals surface area contributed by atoms with Crippen molar-refractivity contribution in [1.29, 1.82) is 0 Å². The van der Waals surface area contributed by atoms with Gasteiger partial charge in [0.1, 0.15) is 0 Å². The fourth-order valence-corrected chi connectivity index (χ4v) is 2.13. The van der Waals surface area contributed by atoms with E-state index in [0.29, 0.717) is 0 Å². The van der Waals surface area contributed by atoms with E-state index in [-0.39, 0.29) is 6.04 Å². The summed E-state index contributed by atoms with van der Waals surface area (Å²) in [6.45, 7) is 1.98. The van der Waals surface area contributed by atoms with Gasteiger partial charge >= 0.3 is 0 Å². The Morgan fingerprint density at radius 1 is 1.17 bits per heavy atom. The third-order valence-corrected chi connectivity index (χ3v) is 3.35. The van der Waals surface area contributed by atoms with Crippen LogP contribution in [0.5, 0.6) is 0 Å². The third-order valence-electron chi connectivity index (χ3n) is 2.61. The Bertz CT molecular complexity index is 491. The average molecular weight is 259 g/mol. The van der Waals surface area contributed by atoms with Crippen molar-refractivity contribution in [3.05, 3.63) is 42.2 Å². The summed E-state index contributed by atoms with van der Waals surface area (Å²) < 4.78 is 0. The van der Waals surface area contributed by atoms with Crippen LogP contribution in [-0.2, 0) is 6.42 Å². The van der Waals surface area contributed by atoms with Gasteiger partial charge in [-0.15, -0.1) is 11.8 Å². The quantitative estimate of drug-likeness (QED) is 0.858. The van der Waals surface area contributed by atoms with Crippen LogP contribution in [0.1, 0.15) is 12.5 Å². The second-order valence-electron chi connectivity index (χ2n) is 4.32. The largest absolute Gasteiger partial charge is 0.328 e. The second-order valence-corrected chi connectivity index (χ2v) is 5.20. The van der Waals surface area contributed by atoms with Crippen LogP contribution >= 0.6 is 11.8 Å². The van der Waals surface area contributed by atoms with Gasteiger partial charge in [0, 0.05) is 28.9 Å². The topological polar surface area (TPSA) is 51.8 Å². The van der Waals surface area contributed by atoms with E-state index in [4.69, 9.17) is 5.73 Å². The zero-order valence-electron chi connectivity index (χ0n) is 10.6. The predicted molar refractivity (Wildman–Crippen MR) is 76.6 cm³/mol. The molecule has 94 valence electrons. The summed E-state index contributed by atoms with van der Waals surface area (Å²) in [6.07, 6.45) is 6.59. The Labute approximate surface area is 112 Å². The molecule has 1 aromatic heterocycles. The van der Waals surface area contributed by atoms with E-state index in [1.165, 1.54) is 4.90 Å². The van der Waals surface area contributed by atoms with Gasteiger partial charge in [0.25, 0.3) is 0 Å². The lowest BCUT2D eigenvalue weighted by molar-refractivity contribution is 0.732. The molecular weight excluding hydrogens is 242 g/mol. The standard InChI is InChI=1S/C14H17N3S/c1-10(15)7-11-8-16-14(17-9-11)12-3-5-13(18-2)6-4-12/h3-6,8-10H,7,15H2,1-2H3. The maximum absolute atomic E-state index is 5.75. The summed E-state index contributed by atoms with van der Waals surface area (Å²) in [5.74, 6) is 0.760. The highest BCUT2D eigenvalue weighted by atomic mass is 32.2. The molecule has 18 heavy (non-hydrogen) atoms. The monoisotopic (exact) mass is 259 g/mol. The van der Waals surface area contributed by atoms with Crippen molar-refractivity contribution in [2.24, 2.45) is 5.73 Å². The maximum atomic E-state index is 5.75.